The van der Waals surface area contributed by atoms with Gasteiger partial charge in [-0.3, -0.25) is 19.2 Å². The molecule has 3 aliphatic carbocycles. The number of rotatable bonds is 3. The average Bonchev–Trinajstić information content (AvgIpc) is 2.81. The predicted octanol–water partition coefficient (Wildman–Crippen LogP) is 2.29. The lowest BCUT2D eigenvalue weighted by molar-refractivity contribution is -0.147. The third kappa shape index (κ3) is 3.12. The first-order valence-electron chi connectivity index (χ1n) is 11.4. The number of hydrogen-bond donors (Lipinski definition) is 5. The molecule has 3 atom stereocenters. The molecular weight excluding hydrogens is 466 g/mol. The number of carbonyl (C=O) groups is 4. The maximum Gasteiger partial charge on any atom is 0.255 e. The summed E-state index contributed by atoms with van der Waals surface area (Å²) in [6.07, 6.45) is -0.116. The second-order valence-electron chi connectivity index (χ2n) is 9.53. The van der Waals surface area contributed by atoms with Gasteiger partial charge in [0.25, 0.3) is 5.91 Å². The van der Waals surface area contributed by atoms with Crippen molar-refractivity contribution < 1.29 is 39.6 Å². The minimum Gasteiger partial charge on any atom is -0.508 e. The number of fused-ring (bicyclic) bond motifs is 3. The van der Waals surface area contributed by atoms with Crippen LogP contribution in [0.3, 0.4) is 0 Å². The summed E-state index contributed by atoms with van der Waals surface area (Å²) in [6, 6.07) is 9.89. The van der Waals surface area contributed by atoms with Gasteiger partial charge in [-0.1, -0.05) is 30.3 Å². The summed E-state index contributed by atoms with van der Waals surface area (Å²) < 4.78 is 0. The van der Waals surface area contributed by atoms with Gasteiger partial charge in [0, 0.05) is 23.5 Å². The van der Waals surface area contributed by atoms with Gasteiger partial charge in [-0.05, 0) is 48.4 Å². The molecule has 184 valence electrons. The lowest BCUT2D eigenvalue weighted by atomic mass is 9.59. The van der Waals surface area contributed by atoms with Gasteiger partial charge in [0.05, 0.1) is 5.56 Å². The standard InChI is InChI=1S/C27H23NO8/c1-11(29)12-2-4-13(5-3-12)16-6-7-18(30)21-17(16)9-14-8-15-10-19(31)22(26(28)35)25(34)27(15,36)24(33)20(14)23(21)32/h2-7,14-15,30,32,34,36H,8-10H2,1H3,(H2,28,35). The van der Waals surface area contributed by atoms with Gasteiger partial charge in [-0.15, -0.1) is 0 Å². The van der Waals surface area contributed by atoms with Crippen LogP contribution in [0, 0.1) is 11.8 Å². The van der Waals surface area contributed by atoms with Gasteiger partial charge < -0.3 is 26.2 Å². The van der Waals surface area contributed by atoms with Crippen LogP contribution in [0.1, 0.15) is 41.3 Å². The number of phenols is 1. The molecule has 36 heavy (non-hydrogen) atoms. The van der Waals surface area contributed by atoms with Gasteiger partial charge >= 0.3 is 0 Å². The predicted molar refractivity (Wildman–Crippen MR) is 127 cm³/mol. The first-order chi connectivity index (χ1) is 17.0. The number of phenolic OH excluding ortho intramolecular Hbond substituents is 1. The summed E-state index contributed by atoms with van der Waals surface area (Å²) in [4.78, 5) is 49.4. The molecule has 1 fully saturated rings. The van der Waals surface area contributed by atoms with E-state index in [2.05, 4.69) is 0 Å². The van der Waals surface area contributed by atoms with Crippen LogP contribution >= 0.6 is 0 Å². The summed E-state index contributed by atoms with van der Waals surface area (Å²) in [6.45, 7) is 1.46. The highest BCUT2D eigenvalue weighted by atomic mass is 16.3. The zero-order valence-corrected chi connectivity index (χ0v) is 19.2. The van der Waals surface area contributed by atoms with E-state index in [-0.39, 0.29) is 41.9 Å². The van der Waals surface area contributed by atoms with Crippen LogP contribution in [0.5, 0.6) is 5.75 Å². The molecule has 1 saturated carbocycles. The molecule has 0 bridgehead atoms. The van der Waals surface area contributed by atoms with Gasteiger partial charge in [-0.25, -0.2) is 0 Å². The van der Waals surface area contributed by atoms with Crippen molar-refractivity contribution >= 4 is 29.0 Å². The van der Waals surface area contributed by atoms with Crippen molar-refractivity contribution in [3.63, 3.8) is 0 Å². The van der Waals surface area contributed by atoms with Crippen LogP contribution in [0.4, 0.5) is 0 Å². The van der Waals surface area contributed by atoms with Gasteiger partial charge in [0.2, 0.25) is 5.78 Å². The number of ketones is 3. The van der Waals surface area contributed by atoms with E-state index >= 15 is 0 Å². The Balaban J connectivity index is 1.68. The van der Waals surface area contributed by atoms with Crippen molar-refractivity contribution in [1.29, 1.82) is 0 Å². The van der Waals surface area contributed by atoms with E-state index in [1.807, 2.05) is 0 Å². The Bertz CT molecular complexity index is 1450. The largest absolute Gasteiger partial charge is 0.508 e. The Hall–Kier alpha value is -4.24. The number of carbonyl (C=O) groups excluding carboxylic acids is 4. The molecule has 6 N–H and O–H groups in total. The fourth-order valence-corrected chi connectivity index (χ4v) is 5.78. The van der Waals surface area contributed by atoms with E-state index in [0.29, 0.717) is 16.7 Å². The molecule has 3 unspecified atom stereocenters. The van der Waals surface area contributed by atoms with Crippen LogP contribution in [0.15, 0.2) is 53.3 Å². The molecule has 0 saturated heterocycles. The molecule has 1 amide bonds. The second kappa shape index (κ2) is 7.89. The quantitative estimate of drug-likeness (QED) is 0.322. The molecule has 0 radical (unpaired) electrons. The summed E-state index contributed by atoms with van der Waals surface area (Å²) >= 11 is 0. The molecule has 9 nitrogen and oxygen atoms in total. The van der Waals surface area contributed by atoms with Crippen LogP contribution in [-0.4, -0.2) is 49.3 Å². The van der Waals surface area contributed by atoms with E-state index in [1.54, 1.807) is 30.3 Å². The van der Waals surface area contributed by atoms with Crippen molar-refractivity contribution in [2.24, 2.45) is 17.6 Å². The number of amides is 1. The second-order valence-corrected chi connectivity index (χ2v) is 9.53. The van der Waals surface area contributed by atoms with Crippen molar-refractivity contribution in [3.8, 4) is 16.9 Å². The van der Waals surface area contributed by atoms with E-state index in [1.165, 1.54) is 13.0 Å². The van der Waals surface area contributed by atoms with Crippen LogP contribution < -0.4 is 5.73 Å². The van der Waals surface area contributed by atoms with E-state index in [9.17, 15) is 39.6 Å². The van der Waals surface area contributed by atoms with Crippen molar-refractivity contribution in [1.82, 2.24) is 0 Å². The molecule has 2 aromatic carbocycles. The van der Waals surface area contributed by atoms with E-state index in [4.69, 9.17) is 5.73 Å². The highest BCUT2D eigenvalue weighted by Crippen LogP contribution is 2.53. The summed E-state index contributed by atoms with van der Waals surface area (Å²) in [5.41, 5.74) is 4.11. The Morgan fingerprint density at radius 3 is 2.28 bits per heavy atom. The smallest absolute Gasteiger partial charge is 0.255 e. The minimum atomic E-state index is -2.59. The van der Waals surface area contributed by atoms with E-state index < -0.39 is 52.0 Å². The van der Waals surface area contributed by atoms with Crippen LogP contribution in [0.25, 0.3) is 16.9 Å². The minimum absolute atomic E-state index is 0.0234. The number of nitrogens with two attached hydrogens (primary N) is 1. The highest BCUT2D eigenvalue weighted by molar-refractivity contribution is 6.22. The molecule has 0 heterocycles. The zero-order valence-electron chi connectivity index (χ0n) is 19.2. The Kier molecular flexibility index (Phi) is 5.15. The zero-order chi connectivity index (χ0) is 26.1. The number of hydrogen-bond acceptors (Lipinski definition) is 8. The molecule has 3 aliphatic rings. The molecular formula is C27H23NO8. The summed E-state index contributed by atoms with van der Waals surface area (Å²) in [7, 11) is 0. The molecule has 9 heteroatoms. The fraction of sp³-hybridized carbons (Fsp3) is 0.259. The Morgan fingerprint density at radius 1 is 1.00 bits per heavy atom. The van der Waals surface area contributed by atoms with E-state index in [0.717, 1.165) is 5.56 Å². The summed E-state index contributed by atoms with van der Waals surface area (Å²) in [5.74, 6) is -6.72. The molecule has 0 spiro atoms. The Labute approximate surface area is 205 Å². The Morgan fingerprint density at radius 2 is 1.67 bits per heavy atom. The van der Waals surface area contributed by atoms with Gasteiger partial charge in [0.1, 0.15) is 22.8 Å². The first-order valence-corrected chi connectivity index (χ1v) is 11.4. The normalized spacial score (nSPS) is 25.3. The van der Waals surface area contributed by atoms with Crippen LogP contribution in [-0.2, 0) is 20.8 Å². The number of aromatic hydroxyl groups is 1. The lowest BCUT2D eigenvalue weighted by Crippen LogP contribution is -2.58. The molecule has 0 aliphatic heterocycles. The fourth-order valence-electron chi connectivity index (χ4n) is 5.78. The van der Waals surface area contributed by atoms with Crippen molar-refractivity contribution in [3.05, 3.63) is 70.0 Å². The molecule has 2 aromatic rings. The third-order valence-corrected chi connectivity index (χ3v) is 7.55. The molecule has 0 aromatic heterocycles. The number of primary amides is 1. The van der Waals surface area contributed by atoms with Crippen molar-refractivity contribution in [2.75, 3.05) is 0 Å². The number of aliphatic hydroxyl groups excluding tert-OH is 2. The maximum absolute atomic E-state index is 13.5. The SMILES string of the molecule is CC(=O)c1ccc(-c2ccc(O)c3c2CC2CC4CC(=O)C(C(N)=O)=C(O)C4(O)C(=O)C2=C3O)cc1. The van der Waals surface area contributed by atoms with Crippen molar-refractivity contribution in [2.45, 2.75) is 31.8 Å². The lowest BCUT2D eigenvalue weighted by Gasteiger charge is -2.46. The van der Waals surface area contributed by atoms with Gasteiger partial charge in [0.15, 0.2) is 17.2 Å². The topological polar surface area (TPSA) is 175 Å². The third-order valence-electron chi connectivity index (χ3n) is 7.55. The number of aliphatic hydroxyl groups is 3. The maximum atomic E-state index is 13.5. The molecule has 5 rings (SSSR count). The van der Waals surface area contributed by atoms with Gasteiger partial charge in [-0.2, -0.15) is 0 Å². The highest BCUT2D eigenvalue weighted by Gasteiger charge is 2.60. The summed E-state index contributed by atoms with van der Waals surface area (Å²) in [5, 5.41) is 43.7. The number of benzene rings is 2. The van der Waals surface area contributed by atoms with Crippen LogP contribution in [0.2, 0.25) is 0 Å². The number of Topliss-reactive ketones (excluding diaryl/α,β-unsaturated/α-hetero) is 3. The monoisotopic (exact) mass is 489 g/mol. The average molecular weight is 489 g/mol. The first kappa shape index (κ1) is 23.5.